The highest BCUT2D eigenvalue weighted by atomic mass is 16.5. The van der Waals surface area contributed by atoms with Crippen LogP contribution < -0.4 is 5.73 Å². The van der Waals surface area contributed by atoms with Crippen molar-refractivity contribution in [3.05, 3.63) is 59.2 Å². The van der Waals surface area contributed by atoms with Gasteiger partial charge in [0.25, 0.3) is 0 Å². The summed E-state index contributed by atoms with van der Waals surface area (Å²) in [6, 6.07) is 12.7. The molecular weight excluding hydrogens is 466 g/mol. The molecule has 5 rings (SSSR count). The molecule has 0 aromatic heterocycles. The highest BCUT2D eigenvalue weighted by Crippen LogP contribution is 2.61. The maximum atomic E-state index is 11.4. The minimum absolute atomic E-state index is 0.104. The first kappa shape index (κ1) is 27.0. The lowest BCUT2D eigenvalue weighted by atomic mass is 9.55. The summed E-state index contributed by atoms with van der Waals surface area (Å²) < 4.78 is 10.7. The normalized spacial score (nSPS) is 27.5. The van der Waals surface area contributed by atoms with Gasteiger partial charge in [-0.15, -0.1) is 0 Å². The number of nitrogens with two attached hydrogens (primary N) is 1. The summed E-state index contributed by atoms with van der Waals surface area (Å²) in [5, 5.41) is 9.75. The highest BCUT2D eigenvalue weighted by molar-refractivity contribution is 5.89. The van der Waals surface area contributed by atoms with Crippen molar-refractivity contribution < 1.29 is 24.2 Å². The van der Waals surface area contributed by atoms with Gasteiger partial charge in [0.15, 0.2) is 0 Å². The number of hydrogen-bond acceptors (Lipinski definition) is 6. The molecule has 3 aliphatic carbocycles. The number of hydrogen-bond donors (Lipinski definition) is 2. The maximum Gasteiger partial charge on any atom is 0.338 e. The van der Waals surface area contributed by atoms with Gasteiger partial charge in [0.1, 0.15) is 11.9 Å². The molecule has 2 aromatic rings. The zero-order valence-corrected chi connectivity index (χ0v) is 22.4. The fourth-order valence-corrected chi connectivity index (χ4v) is 6.93. The Balaban J connectivity index is 0.000000197. The third-order valence-electron chi connectivity index (χ3n) is 8.81. The first-order chi connectivity index (χ1) is 17.7. The van der Waals surface area contributed by atoms with Crippen molar-refractivity contribution in [1.82, 2.24) is 0 Å². The summed E-state index contributed by atoms with van der Waals surface area (Å²) in [5.41, 5.74) is 9.64. The minimum atomic E-state index is -0.279. The van der Waals surface area contributed by atoms with Gasteiger partial charge in [0.2, 0.25) is 0 Å². The molecular formula is C31H41NO5. The largest absolute Gasteiger partial charge is 0.508 e. The summed E-state index contributed by atoms with van der Waals surface area (Å²) >= 11 is 0. The van der Waals surface area contributed by atoms with Crippen LogP contribution in [-0.4, -0.2) is 29.8 Å². The number of phenolic OH excluding ortho intramolecular Hbond substituents is 1. The lowest BCUT2D eigenvalue weighted by Gasteiger charge is -2.50. The SMILES string of the molecule is CC(=O)OC1CCC2C3CCc4cc(O)ccc4C3CCC12C.CCCCOC(=O)c1ccc(N)cc1. The monoisotopic (exact) mass is 507 g/mol. The number of rotatable bonds is 5. The molecule has 6 heteroatoms. The van der Waals surface area contributed by atoms with Crippen LogP contribution >= 0.6 is 0 Å². The average molecular weight is 508 g/mol. The predicted molar refractivity (Wildman–Crippen MR) is 144 cm³/mol. The molecule has 0 heterocycles. The van der Waals surface area contributed by atoms with Gasteiger partial charge in [0.05, 0.1) is 12.2 Å². The molecule has 2 aromatic carbocycles. The van der Waals surface area contributed by atoms with Crippen LogP contribution in [0.4, 0.5) is 5.69 Å². The Hall–Kier alpha value is -3.02. The smallest absolute Gasteiger partial charge is 0.338 e. The van der Waals surface area contributed by atoms with E-state index in [1.165, 1.54) is 37.3 Å². The first-order valence-corrected chi connectivity index (χ1v) is 13.7. The van der Waals surface area contributed by atoms with Crippen LogP contribution in [0.2, 0.25) is 0 Å². The molecule has 37 heavy (non-hydrogen) atoms. The minimum Gasteiger partial charge on any atom is -0.508 e. The van der Waals surface area contributed by atoms with Gasteiger partial charge in [-0.25, -0.2) is 4.79 Å². The van der Waals surface area contributed by atoms with Crippen molar-refractivity contribution in [2.24, 2.45) is 17.3 Å². The van der Waals surface area contributed by atoms with E-state index >= 15 is 0 Å². The number of nitrogen functional groups attached to an aromatic ring is 1. The quantitative estimate of drug-likeness (QED) is 0.276. The number of fused-ring (bicyclic) bond motifs is 5. The van der Waals surface area contributed by atoms with Gasteiger partial charge in [-0.2, -0.15) is 0 Å². The van der Waals surface area contributed by atoms with Crippen molar-refractivity contribution in [3.8, 4) is 5.75 Å². The second-order valence-corrected chi connectivity index (χ2v) is 11.1. The van der Waals surface area contributed by atoms with E-state index in [1.54, 1.807) is 24.3 Å². The number of carbonyl (C=O) groups is 2. The Morgan fingerprint density at radius 3 is 2.54 bits per heavy atom. The van der Waals surface area contributed by atoms with E-state index in [4.69, 9.17) is 15.2 Å². The standard InChI is InChI=1S/C20H26O3.C11H15NO2/c1-12(21)23-19-8-7-18-17-5-3-13-11-14(22)4-6-15(13)16(17)9-10-20(18,19)2;1-2-3-8-14-11(13)9-4-6-10(12)7-5-9/h4,6,11,16-19,22H,3,5,7-10H2,1-2H3;4-7H,2-3,8,12H2,1H3. The second kappa shape index (κ2) is 11.6. The first-order valence-electron chi connectivity index (χ1n) is 13.7. The number of aromatic hydroxyl groups is 1. The van der Waals surface area contributed by atoms with E-state index in [1.807, 2.05) is 12.1 Å². The number of phenols is 1. The van der Waals surface area contributed by atoms with E-state index in [9.17, 15) is 14.7 Å². The van der Waals surface area contributed by atoms with E-state index < -0.39 is 0 Å². The number of benzene rings is 2. The van der Waals surface area contributed by atoms with Gasteiger partial charge >= 0.3 is 11.9 Å². The predicted octanol–water partition coefficient (Wildman–Crippen LogP) is 6.41. The molecule has 0 aliphatic heterocycles. The van der Waals surface area contributed by atoms with Gasteiger partial charge in [-0.1, -0.05) is 26.3 Å². The number of anilines is 1. The second-order valence-electron chi connectivity index (χ2n) is 11.1. The van der Waals surface area contributed by atoms with Gasteiger partial charge in [-0.05, 0) is 110 Å². The summed E-state index contributed by atoms with van der Waals surface area (Å²) in [6.07, 6.45) is 8.81. The maximum absolute atomic E-state index is 11.4. The molecule has 5 unspecified atom stereocenters. The molecule has 200 valence electrons. The van der Waals surface area contributed by atoms with Gasteiger partial charge < -0.3 is 20.3 Å². The van der Waals surface area contributed by atoms with Crippen molar-refractivity contribution >= 4 is 17.6 Å². The van der Waals surface area contributed by atoms with Crippen LogP contribution in [0.3, 0.4) is 0 Å². The van der Waals surface area contributed by atoms with Crippen molar-refractivity contribution in [3.63, 3.8) is 0 Å². The van der Waals surface area contributed by atoms with Gasteiger partial charge in [-0.3, -0.25) is 4.79 Å². The molecule has 2 saturated carbocycles. The topological polar surface area (TPSA) is 98.9 Å². The Kier molecular flexibility index (Phi) is 8.46. The summed E-state index contributed by atoms with van der Waals surface area (Å²) in [4.78, 5) is 22.8. The summed E-state index contributed by atoms with van der Waals surface area (Å²) in [5.74, 6) is 1.95. The lowest BCUT2D eigenvalue weighted by Crippen LogP contribution is -2.45. The Morgan fingerprint density at radius 2 is 1.84 bits per heavy atom. The molecule has 0 bridgehead atoms. The number of unbranched alkanes of at least 4 members (excludes halogenated alkanes) is 1. The molecule has 0 spiro atoms. The molecule has 3 aliphatic rings. The number of aryl methyl sites for hydroxylation is 1. The van der Waals surface area contributed by atoms with Crippen LogP contribution in [0.15, 0.2) is 42.5 Å². The van der Waals surface area contributed by atoms with Crippen LogP contribution in [0.25, 0.3) is 0 Å². The Bertz CT molecular complexity index is 1100. The van der Waals surface area contributed by atoms with Gasteiger partial charge in [0, 0.05) is 18.0 Å². The van der Waals surface area contributed by atoms with Crippen molar-refractivity contribution in [2.75, 3.05) is 12.3 Å². The van der Waals surface area contributed by atoms with E-state index in [-0.39, 0.29) is 23.5 Å². The molecule has 2 fully saturated rings. The van der Waals surface area contributed by atoms with E-state index in [2.05, 4.69) is 19.9 Å². The Morgan fingerprint density at radius 1 is 1.08 bits per heavy atom. The zero-order chi connectivity index (χ0) is 26.6. The molecule has 0 saturated heterocycles. The molecule has 6 nitrogen and oxygen atoms in total. The molecule has 5 atom stereocenters. The fraction of sp³-hybridized carbons (Fsp3) is 0.548. The Labute approximate surface area is 220 Å². The number of carbonyl (C=O) groups excluding carboxylic acids is 2. The third kappa shape index (κ3) is 5.94. The molecule has 3 N–H and O–H groups in total. The van der Waals surface area contributed by atoms with Crippen LogP contribution in [0.5, 0.6) is 5.75 Å². The van der Waals surface area contributed by atoms with Crippen LogP contribution in [0, 0.1) is 17.3 Å². The van der Waals surface area contributed by atoms with Crippen LogP contribution in [-0.2, 0) is 20.7 Å². The van der Waals surface area contributed by atoms with Crippen LogP contribution in [0.1, 0.15) is 93.1 Å². The molecule has 0 amide bonds. The summed E-state index contributed by atoms with van der Waals surface area (Å²) in [6.45, 7) is 6.42. The van der Waals surface area contributed by atoms with E-state index in [0.717, 1.165) is 32.1 Å². The number of esters is 2. The average Bonchev–Trinajstić information content (AvgIpc) is 3.20. The fourth-order valence-electron chi connectivity index (χ4n) is 6.93. The third-order valence-corrected chi connectivity index (χ3v) is 8.81. The highest BCUT2D eigenvalue weighted by Gasteiger charge is 2.56. The summed E-state index contributed by atoms with van der Waals surface area (Å²) in [7, 11) is 0. The zero-order valence-electron chi connectivity index (χ0n) is 22.4. The van der Waals surface area contributed by atoms with Crippen molar-refractivity contribution in [2.45, 2.75) is 84.2 Å². The molecule has 0 radical (unpaired) electrons. The van der Waals surface area contributed by atoms with Crippen molar-refractivity contribution in [1.29, 1.82) is 0 Å². The van der Waals surface area contributed by atoms with E-state index in [0.29, 0.717) is 41.4 Å². The number of ether oxygens (including phenoxy) is 2. The lowest BCUT2D eigenvalue weighted by molar-refractivity contribution is -0.154.